The second-order valence-corrected chi connectivity index (χ2v) is 38.6. The molecule has 0 saturated heterocycles. The van der Waals surface area contributed by atoms with Gasteiger partial charge in [-0.25, -0.2) is 25.0 Å². The van der Waals surface area contributed by atoms with E-state index in [2.05, 4.69) is 141 Å². The summed E-state index contributed by atoms with van der Waals surface area (Å²) in [5.74, 6) is 4.39. The minimum absolute atomic E-state index is 0.179. The van der Waals surface area contributed by atoms with Crippen molar-refractivity contribution in [2.24, 2.45) is 25.0 Å². The Hall–Kier alpha value is -8.45. The van der Waals surface area contributed by atoms with Gasteiger partial charge >= 0.3 is 12.5 Å². The number of hydrogen-bond donors (Lipinski definition) is 12. The molecule has 0 spiro atoms. The van der Waals surface area contributed by atoms with E-state index in [0.29, 0.717) is 77.5 Å². The molecule has 0 aliphatic heterocycles. The summed E-state index contributed by atoms with van der Waals surface area (Å²) < 4.78 is 81.1. The summed E-state index contributed by atoms with van der Waals surface area (Å²) in [5, 5.41) is 57.1. The number of phenols is 1. The summed E-state index contributed by atoms with van der Waals surface area (Å²) in [6.07, 6.45) is 53.0. The van der Waals surface area contributed by atoms with Gasteiger partial charge in [-0.05, 0) is 237 Å². The van der Waals surface area contributed by atoms with Gasteiger partial charge in [0, 0.05) is 68.5 Å². The molecule has 12 N–H and O–H groups in total. The zero-order valence-electron chi connectivity index (χ0n) is 76.1. The molecule has 1 atom stereocenters. The second-order valence-electron chi connectivity index (χ2n) is 37.7. The molecule has 10 aliphatic rings. The number of phenolic OH excluding ortho intramolecular Hbond substituents is 1. The summed E-state index contributed by atoms with van der Waals surface area (Å²) >= 11 is 3.50. The van der Waals surface area contributed by atoms with Crippen LogP contribution in [0, 0.1) is 0 Å². The Kier molecular flexibility index (Phi) is 40.5. The maximum atomic E-state index is 13.1. The van der Waals surface area contributed by atoms with Crippen molar-refractivity contribution >= 4 is 84.9 Å². The van der Waals surface area contributed by atoms with Crippen molar-refractivity contribution in [3.05, 3.63) is 150 Å². The van der Waals surface area contributed by atoms with E-state index >= 15 is 0 Å². The number of halogens is 7. The van der Waals surface area contributed by atoms with E-state index < -0.39 is 18.1 Å². The highest BCUT2D eigenvalue weighted by atomic mass is 79.9. The average Bonchev–Trinajstić information content (AvgIpc) is 0.795. The number of anilines is 5. The lowest BCUT2D eigenvalue weighted by atomic mass is 9.95. The Balaban J connectivity index is 0.000000145. The third-order valence-electron chi connectivity index (χ3n) is 27.1. The molecule has 0 bridgehead atoms. The van der Waals surface area contributed by atoms with Crippen molar-refractivity contribution in [3.8, 4) is 11.5 Å². The Morgan fingerprint density at radius 3 is 0.867 bits per heavy atom. The second kappa shape index (κ2) is 52.6. The first kappa shape index (κ1) is 98.6. The Morgan fingerprint density at radius 2 is 0.570 bits per heavy atom. The van der Waals surface area contributed by atoms with Crippen LogP contribution in [-0.2, 0) is 5.60 Å². The molecule has 0 aromatic heterocycles. The molecule has 0 radical (unpaired) electrons. The van der Waals surface area contributed by atoms with Crippen LogP contribution in [-0.4, -0.2) is 113 Å². The molecular formula is C103H148BrF6N15O3. The minimum Gasteiger partial charge on any atom is -0.508 e. The largest absolute Gasteiger partial charge is 0.573 e. The van der Waals surface area contributed by atoms with Crippen LogP contribution in [0.3, 0.4) is 0 Å². The lowest BCUT2D eigenvalue weighted by Crippen LogP contribution is -2.41. The van der Waals surface area contributed by atoms with Crippen molar-refractivity contribution in [2.75, 3.05) is 26.6 Å². The quantitative estimate of drug-likeness (QED) is 0.0177. The van der Waals surface area contributed by atoms with E-state index in [0.717, 1.165) is 104 Å². The average molecular weight is 1840 g/mol. The van der Waals surface area contributed by atoms with Gasteiger partial charge in [-0.1, -0.05) is 257 Å². The van der Waals surface area contributed by atoms with Crippen molar-refractivity contribution < 1.29 is 41.3 Å². The van der Waals surface area contributed by atoms with Gasteiger partial charge in [0.25, 0.3) is 0 Å². The summed E-state index contributed by atoms with van der Waals surface area (Å²) in [6.45, 7) is 0.774. The van der Waals surface area contributed by atoms with E-state index in [-0.39, 0.29) is 17.4 Å². The molecule has 25 heteroatoms. The Bertz CT molecular complexity index is 4200. The monoisotopic (exact) mass is 1840 g/mol. The molecule has 10 fully saturated rings. The fourth-order valence-corrected chi connectivity index (χ4v) is 19.8. The normalized spacial score (nSPS) is 21.0. The predicted octanol–water partition coefficient (Wildman–Crippen LogP) is 26.8. The number of nitrogens with one attached hydrogen (secondary N) is 10. The van der Waals surface area contributed by atoms with E-state index in [4.69, 9.17) is 25.0 Å². The zero-order chi connectivity index (χ0) is 89.4. The van der Waals surface area contributed by atoms with Crippen LogP contribution in [0.15, 0.2) is 169 Å². The van der Waals surface area contributed by atoms with Gasteiger partial charge < -0.3 is 68.1 Å². The van der Waals surface area contributed by atoms with Crippen LogP contribution in [0.2, 0.25) is 0 Å². The van der Waals surface area contributed by atoms with Crippen LogP contribution < -0.4 is 57.9 Å². The molecule has 6 aromatic carbocycles. The Morgan fingerprint density at radius 1 is 0.312 bits per heavy atom. The van der Waals surface area contributed by atoms with Crippen LogP contribution in [0.25, 0.3) is 10.8 Å². The molecule has 10 aliphatic carbocycles. The summed E-state index contributed by atoms with van der Waals surface area (Å²) in [4.78, 5) is 24.9. The molecule has 702 valence electrons. The lowest BCUT2D eigenvalue weighted by molar-refractivity contribution is -0.274. The topological polar surface area (TPSA) is 232 Å². The first-order valence-electron chi connectivity index (χ1n) is 49.6. The summed E-state index contributed by atoms with van der Waals surface area (Å²) in [6, 6.07) is 46.6. The van der Waals surface area contributed by atoms with Crippen molar-refractivity contribution in [2.45, 2.75) is 407 Å². The fraction of sp³-hybridized carbons (Fsp3) is 0.621. The van der Waals surface area contributed by atoms with Gasteiger partial charge in [0.1, 0.15) is 11.5 Å². The number of hydrogen-bond acceptors (Lipinski definition) is 8. The first-order chi connectivity index (χ1) is 62.2. The summed E-state index contributed by atoms with van der Waals surface area (Å²) in [7, 11) is 0. The van der Waals surface area contributed by atoms with Crippen molar-refractivity contribution in [3.63, 3.8) is 0 Å². The number of benzene rings is 6. The van der Waals surface area contributed by atoms with Gasteiger partial charge in [0.15, 0.2) is 35.4 Å². The number of aromatic hydroxyl groups is 1. The zero-order valence-corrected chi connectivity index (χ0v) is 77.7. The van der Waals surface area contributed by atoms with Gasteiger partial charge in [-0.3, -0.25) is 0 Å². The van der Waals surface area contributed by atoms with Crippen LogP contribution in [0.5, 0.6) is 11.5 Å². The van der Waals surface area contributed by atoms with Crippen LogP contribution >= 0.6 is 15.9 Å². The molecule has 0 heterocycles. The number of guanidine groups is 5. The van der Waals surface area contributed by atoms with E-state index in [1.54, 1.807) is 36.4 Å². The highest BCUT2D eigenvalue weighted by Gasteiger charge is 2.51. The molecule has 18 nitrogen and oxygen atoms in total. The van der Waals surface area contributed by atoms with E-state index in [1.165, 1.54) is 305 Å². The number of ether oxygens (including phenoxy) is 1. The van der Waals surface area contributed by atoms with Gasteiger partial charge in [0.2, 0.25) is 0 Å². The third-order valence-corrected chi connectivity index (χ3v) is 27.6. The highest BCUT2D eigenvalue weighted by Crippen LogP contribution is 2.40. The summed E-state index contributed by atoms with van der Waals surface area (Å²) in [5.41, 5.74) is 1.53. The molecule has 0 amide bonds. The minimum atomic E-state index is -4.72. The lowest BCUT2D eigenvalue weighted by Gasteiger charge is -2.28. The van der Waals surface area contributed by atoms with Crippen molar-refractivity contribution in [1.29, 1.82) is 0 Å². The maximum absolute atomic E-state index is 13.1. The smallest absolute Gasteiger partial charge is 0.508 e. The number of nitrogens with zero attached hydrogens (tertiary/aromatic N) is 5. The molecule has 10 saturated carbocycles. The molecule has 6 aromatic rings. The molecule has 16 rings (SSSR count). The van der Waals surface area contributed by atoms with Crippen LogP contribution in [0.1, 0.15) is 334 Å². The van der Waals surface area contributed by atoms with Gasteiger partial charge in [-0.2, -0.15) is 13.2 Å². The fourth-order valence-electron chi connectivity index (χ4n) is 19.6. The van der Waals surface area contributed by atoms with Crippen molar-refractivity contribution in [1.82, 2.24) is 26.6 Å². The van der Waals surface area contributed by atoms with E-state index in [9.17, 15) is 36.6 Å². The molecule has 128 heavy (non-hydrogen) atoms. The molecule has 1 unspecified atom stereocenters. The van der Waals surface area contributed by atoms with Crippen LogP contribution in [0.4, 0.5) is 54.8 Å². The number of fused-ring (bicyclic) bond motifs is 1. The number of aliphatic imine (C=N–C) groups is 5. The number of rotatable bonds is 17. The Labute approximate surface area is 767 Å². The standard InChI is InChI=1S/C23H31N3.C22H32F3N3O.C20H28F3N3O.C19H28BrN3.C19H29N3O/c1-3-12-19(13-4-1)24-23(25-20-14-5-2-6-15-20)26-22-17-9-11-18-10-7-8-16-21(18)22;1-21(29,22(23,24)25)16-12-14-19(15-13-16)28-20(26-17-8-4-2-5-9-17)27-18-10-6-3-7-11-18;21-20(22,23)27-18-13-11-17(12-14-18)26-19(24-15-7-3-1-4-8-15)25-16-9-5-2-6-10-16;20-15-11-13-18(14-12-15)23-19(21-16-7-3-1-4-8-16)22-17-9-5-2-6-10-17;23-18-13-11-17(12-14-18)22-19(20-15-7-3-1-4-8-15)21-16-9-5-2-6-10-16/h7-11,16-17,19-20H,1-6,12-15H2,(H2,24,25,26);12-15,17-18,29H,2-11H2,1H3,(H2,26,27,28);11-16H,1-10H2,(H2,24,25,26);11-14,16-17H,1-10H2,(H2,21,22,23);11-16,23H,1-10H2,(H2,20,21,22). The predicted molar refractivity (Wildman–Crippen MR) is 521 cm³/mol. The van der Waals surface area contributed by atoms with E-state index in [1.807, 2.05) is 12.1 Å². The van der Waals surface area contributed by atoms with Gasteiger partial charge in [-0.15, -0.1) is 13.2 Å². The molecular weight excluding hydrogens is 1690 g/mol. The number of alkyl halides is 6. The number of aliphatic hydroxyl groups is 1. The highest BCUT2D eigenvalue weighted by molar-refractivity contribution is 9.10. The SMILES string of the molecule is Brc1ccc(NC(=NC2CCCCC2)NC2CCCCC2)cc1.CC(O)(c1ccc(NC(=NC2CCCCC2)NC2CCCCC2)cc1)C(F)(F)F.FC(F)(F)Oc1ccc(NC(=NC2CCCCC2)NC2CCCCC2)cc1.Oc1ccc(NC(=NC2CCCCC2)NC2CCCCC2)cc1.c1ccc2c(NC(=NC3CCCCC3)NC3CCCCC3)cccc2c1. The van der Waals surface area contributed by atoms with Gasteiger partial charge in [0.05, 0.1) is 30.2 Å². The maximum Gasteiger partial charge on any atom is 0.573 e. The third kappa shape index (κ3) is 35.3. The first-order valence-corrected chi connectivity index (χ1v) is 50.3.